The van der Waals surface area contributed by atoms with Gasteiger partial charge >= 0.3 is 0 Å². The van der Waals surface area contributed by atoms with Crippen molar-refractivity contribution in [2.75, 3.05) is 41.7 Å². The molecule has 0 bridgehead atoms. The Hall–Kier alpha value is -3.19. The van der Waals surface area contributed by atoms with Gasteiger partial charge in [0.25, 0.3) is 0 Å². The lowest BCUT2D eigenvalue weighted by Crippen LogP contribution is -2.44. The summed E-state index contributed by atoms with van der Waals surface area (Å²) in [6.07, 6.45) is 0. The van der Waals surface area contributed by atoms with Gasteiger partial charge in [-0.1, -0.05) is 36.4 Å². The summed E-state index contributed by atoms with van der Waals surface area (Å²) in [4.78, 5) is 16.2. The number of nitrogens with zero attached hydrogens (tertiary/aromatic N) is 4. The van der Waals surface area contributed by atoms with E-state index >= 15 is 0 Å². The van der Waals surface area contributed by atoms with Crippen molar-refractivity contribution in [2.45, 2.75) is 13.8 Å². The fraction of sp³-hybridized carbons (Fsp3) is 0.286. The Morgan fingerprint density at radius 2 is 1.25 bits per heavy atom. The van der Waals surface area contributed by atoms with E-state index in [2.05, 4.69) is 61.8 Å². The molecule has 4 rings (SSSR count). The Morgan fingerprint density at radius 3 is 1.75 bits per heavy atom. The highest BCUT2D eigenvalue weighted by atomic mass is 15.3. The second-order valence-electron chi connectivity index (χ2n) is 6.90. The fourth-order valence-electron chi connectivity index (χ4n) is 3.15. The second-order valence-corrected chi connectivity index (χ2v) is 6.90. The number of nitrogens with one attached hydrogen (secondary N) is 3. The van der Waals surface area contributed by atoms with Crippen molar-refractivity contribution < 1.29 is 0 Å². The zero-order valence-electron chi connectivity index (χ0n) is 16.2. The quantitative estimate of drug-likeness (QED) is 0.631. The van der Waals surface area contributed by atoms with Gasteiger partial charge in [0.05, 0.1) is 0 Å². The zero-order chi connectivity index (χ0) is 19.3. The molecule has 3 aromatic rings. The van der Waals surface area contributed by atoms with E-state index in [4.69, 9.17) is 0 Å². The number of para-hydroxylation sites is 2. The third kappa shape index (κ3) is 4.20. The van der Waals surface area contributed by atoms with Crippen LogP contribution in [0, 0.1) is 13.8 Å². The van der Waals surface area contributed by atoms with Crippen LogP contribution >= 0.6 is 0 Å². The van der Waals surface area contributed by atoms with Crippen LogP contribution in [0.2, 0.25) is 0 Å². The first-order valence-electron chi connectivity index (χ1n) is 9.56. The number of rotatable bonds is 5. The van der Waals surface area contributed by atoms with Gasteiger partial charge in [-0.05, 0) is 37.1 Å². The lowest BCUT2D eigenvalue weighted by molar-refractivity contribution is 0.579. The molecular formula is C21H25N7. The van der Waals surface area contributed by atoms with E-state index in [0.29, 0.717) is 17.8 Å². The first-order valence-corrected chi connectivity index (χ1v) is 9.56. The molecule has 0 aliphatic carbocycles. The molecular weight excluding hydrogens is 350 g/mol. The zero-order valence-corrected chi connectivity index (χ0v) is 16.2. The van der Waals surface area contributed by atoms with E-state index < -0.39 is 0 Å². The number of aromatic nitrogens is 3. The van der Waals surface area contributed by atoms with Crippen molar-refractivity contribution in [1.82, 2.24) is 20.3 Å². The number of piperazine rings is 1. The molecule has 1 saturated heterocycles. The van der Waals surface area contributed by atoms with E-state index in [9.17, 15) is 0 Å². The Kier molecular flexibility index (Phi) is 5.34. The first kappa shape index (κ1) is 18.2. The van der Waals surface area contributed by atoms with Crippen LogP contribution in [0.4, 0.5) is 29.2 Å². The molecule has 0 atom stereocenters. The Balaban J connectivity index is 1.68. The second kappa shape index (κ2) is 8.22. The van der Waals surface area contributed by atoms with Crippen molar-refractivity contribution in [3.05, 3.63) is 59.7 Å². The monoisotopic (exact) mass is 375 g/mol. The molecule has 144 valence electrons. The molecule has 7 heteroatoms. The fourth-order valence-corrected chi connectivity index (χ4v) is 3.15. The van der Waals surface area contributed by atoms with Crippen molar-refractivity contribution >= 4 is 29.2 Å². The summed E-state index contributed by atoms with van der Waals surface area (Å²) in [5.74, 6) is 1.76. The van der Waals surface area contributed by atoms with Crippen LogP contribution in [0.1, 0.15) is 11.1 Å². The Bertz CT molecular complexity index is 885. The summed E-state index contributed by atoms with van der Waals surface area (Å²) in [5, 5.41) is 10.1. The van der Waals surface area contributed by atoms with Crippen LogP contribution < -0.4 is 20.9 Å². The molecule has 7 nitrogen and oxygen atoms in total. The van der Waals surface area contributed by atoms with E-state index in [-0.39, 0.29) is 0 Å². The average Bonchev–Trinajstić information content (AvgIpc) is 2.72. The minimum Gasteiger partial charge on any atom is -0.338 e. The molecule has 1 fully saturated rings. The van der Waals surface area contributed by atoms with Gasteiger partial charge < -0.3 is 20.9 Å². The van der Waals surface area contributed by atoms with E-state index in [1.165, 1.54) is 0 Å². The molecule has 1 aliphatic heterocycles. The molecule has 2 aromatic carbocycles. The van der Waals surface area contributed by atoms with Crippen LogP contribution in [0.15, 0.2) is 48.5 Å². The summed E-state index contributed by atoms with van der Waals surface area (Å²) in [5.41, 5.74) is 4.25. The summed E-state index contributed by atoms with van der Waals surface area (Å²) >= 11 is 0. The maximum absolute atomic E-state index is 4.68. The standard InChI is InChI=1S/C21H25N7/c1-15-7-3-5-9-17(15)23-19-25-20(24-18-10-6-4-8-16(18)2)27-21(26-19)28-13-11-22-12-14-28/h3-10,22H,11-14H2,1-2H3,(H2,23,24,25,26,27). The molecule has 0 amide bonds. The topological polar surface area (TPSA) is 78.0 Å². The molecule has 0 unspecified atom stereocenters. The molecule has 0 spiro atoms. The average molecular weight is 375 g/mol. The smallest absolute Gasteiger partial charge is 0.233 e. The Morgan fingerprint density at radius 1 is 0.750 bits per heavy atom. The molecule has 1 aromatic heterocycles. The SMILES string of the molecule is Cc1ccccc1Nc1nc(Nc2ccccc2C)nc(N2CCNCC2)n1. The third-order valence-electron chi connectivity index (χ3n) is 4.81. The number of aryl methyl sites for hydroxylation is 2. The summed E-state index contributed by atoms with van der Waals surface area (Å²) in [7, 11) is 0. The van der Waals surface area contributed by atoms with Crippen LogP contribution in [-0.4, -0.2) is 41.1 Å². The van der Waals surface area contributed by atoms with Gasteiger partial charge in [0, 0.05) is 37.6 Å². The minimum absolute atomic E-state index is 0.536. The van der Waals surface area contributed by atoms with Crippen LogP contribution in [-0.2, 0) is 0 Å². The van der Waals surface area contributed by atoms with E-state index in [1.807, 2.05) is 36.4 Å². The lowest BCUT2D eigenvalue weighted by Gasteiger charge is -2.27. The van der Waals surface area contributed by atoms with Gasteiger partial charge in [0.2, 0.25) is 17.8 Å². The van der Waals surface area contributed by atoms with E-state index in [1.54, 1.807) is 0 Å². The molecule has 1 aliphatic rings. The maximum atomic E-state index is 4.68. The van der Waals surface area contributed by atoms with Gasteiger partial charge in [-0.25, -0.2) is 0 Å². The van der Waals surface area contributed by atoms with Gasteiger partial charge in [0.15, 0.2) is 0 Å². The van der Waals surface area contributed by atoms with Gasteiger partial charge in [0.1, 0.15) is 0 Å². The first-order chi connectivity index (χ1) is 13.7. The normalized spacial score (nSPS) is 14.0. The molecule has 2 heterocycles. The van der Waals surface area contributed by atoms with Crippen LogP contribution in [0.5, 0.6) is 0 Å². The number of anilines is 5. The van der Waals surface area contributed by atoms with Crippen LogP contribution in [0.3, 0.4) is 0 Å². The number of benzene rings is 2. The predicted molar refractivity (Wildman–Crippen MR) is 114 cm³/mol. The molecule has 28 heavy (non-hydrogen) atoms. The highest BCUT2D eigenvalue weighted by molar-refractivity contribution is 5.63. The third-order valence-corrected chi connectivity index (χ3v) is 4.81. The predicted octanol–water partition coefficient (Wildman–Crippen LogP) is 3.39. The van der Waals surface area contributed by atoms with Gasteiger partial charge in [-0.2, -0.15) is 15.0 Å². The molecule has 0 saturated carbocycles. The molecule has 0 radical (unpaired) electrons. The van der Waals surface area contributed by atoms with Crippen molar-refractivity contribution in [3.63, 3.8) is 0 Å². The summed E-state index contributed by atoms with van der Waals surface area (Å²) in [6, 6.07) is 16.2. The van der Waals surface area contributed by atoms with Crippen molar-refractivity contribution in [1.29, 1.82) is 0 Å². The Labute approximate surface area is 165 Å². The maximum Gasteiger partial charge on any atom is 0.233 e. The van der Waals surface area contributed by atoms with Crippen molar-refractivity contribution in [3.8, 4) is 0 Å². The highest BCUT2D eigenvalue weighted by Gasteiger charge is 2.17. The number of hydrogen-bond acceptors (Lipinski definition) is 7. The van der Waals surface area contributed by atoms with Gasteiger partial charge in [-0.15, -0.1) is 0 Å². The molecule has 3 N–H and O–H groups in total. The van der Waals surface area contributed by atoms with Gasteiger partial charge in [-0.3, -0.25) is 0 Å². The number of hydrogen-bond donors (Lipinski definition) is 3. The van der Waals surface area contributed by atoms with Crippen LogP contribution in [0.25, 0.3) is 0 Å². The minimum atomic E-state index is 0.536. The lowest BCUT2D eigenvalue weighted by atomic mass is 10.2. The highest BCUT2D eigenvalue weighted by Crippen LogP contribution is 2.23. The van der Waals surface area contributed by atoms with Crippen molar-refractivity contribution in [2.24, 2.45) is 0 Å². The summed E-state index contributed by atoms with van der Waals surface area (Å²) in [6.45, 7) is 7.72. The van der Waals surface area contributed by atoms with E-state index in [0.717, 1.165) is 48.7 Å². The largest absolute Gasteiger partial charge is 0.338 e. The summed E-state index contributed by atoms with van der Waals surface area (Å²) < 4.78 is 0.